The molecule has 2 heterocycles. The van der Waals surface area contributed by atoms with Gasteiger partial charge in [-0.25, -0.2) is 0 Å². The Balaban J connectivity index is 1.28. The van der Waals surface area contributed by atoms with E-state index in [9.17, 15) is 4.79 Å². The van der Waals surface area contributed by atoms with Crippen LogP contribution < -0.4 is 4.74 Å². The summed E-state index contributed by atoms with van der Waals surface area (Å²) in [4.78, 5) is 18.1. The summed E-state index contributed by atoms with van der Waals surface area (Å²) in [5, 5.41) is 2.02. The molecule has 0 N–H and O–H groups in total. The summed E-state index contributed by atoms with van der Waals surface area (Å²) >= 11 is 1.51. The highest BCUT2D eigenvalue weighted by atomic mass is 32.1. The van der Waals surface area contributed by atoms with Gasteiger partial charge in [-0.3, -0.25) is 9.69 Å². The molecular formula is C25H28N2O2S. The highest BCUT2D eigenvalue weighted by Gasteiger charge is 2.23. The van der Waals surface area contributed by atoms with Crippen molar-refractivity contribution in [3.8, 4) is 5.75 Å². The molecule has 0 unspecified atom stereocenters. The fourth-order valence-electron chi connectivity index (χ4n) is 3.77. The molecule has 0 radical (unpaired) electrons. The summed E-state index contributed by atoms with van der Waals surface area (Å²) in [6.07, 6.45) is 0. The Morgan fingerprint density at radius 1 is 0.933 bits per heavy atom. The number of rotatable bonds is 6. The zero-order chi connectivity index (χ0) is 20.9. The first-order chi connectivity index (χ1) is 14.6. The molecule has 30 heavy (non-hydrogen) atoms. The van der Waals surface area contributed by atoms with E-state index in [2.05, 4.69) is 49.1 Å². The SMILES string of the molecule is Cc1cccc(CN2CCN(C(=O)c3cc(COc4cccc(C)c4)cs3)CC2)c1. The van der Waals surface area contributed by atoms with Crippen molar-refractivity contribution in [3.63, 3.8) is 0 Å². The molecule has 2 aromatic carbocycles. The Labute approximate surface area is 182 Å². The molecule has 1 aliphatic rings. The fourth-order valence-corrected chi connectivity index (χ4v) is 4.63. The smallest absolute Gasteiger partial charge is 0.264 e. The van der Waals surface area contributed by atoms with Crippen molar-refractivity contribution >= 4 is 17.2 Å². The molecule has 5 heteroatoms. The minimum Gasteiger partial charge on any atom is -0.489 e. The maximum atomic E-state index is 12.9. The number of hydrogen-bond acceptors (Lipinski definition) is 4. The average Bonchev–Trinajstić information content (AvgIpc) is 3.22. The van der Waals surface area contributed by atoms with E-state index in [1.165, 1.54) is 28.0 Å². The molecule has 4 nitrogen and oxygen atoms in total. The first-order valence-corrected chi connectivity index (χ1v) is 11.3. The number of amides is 1. The van der Waals surface area contributed by atoms with E-state index < -0.39 is 0 Å². The standard InChI is InChI=1S/C25H28N2O2S/c1-19-5-3-7-21(13-19)16-26-9-11-27(12-10-26)25(28)24-15-22(18-30-24)17-29-23-8-4-6-20(2)14-23/h3-8,13-15,18H,9-12,16-17H2,1-2H3. The Hall–Kier alpha value is -2.63. The van der Waals surface area contributed by atoms with Crippen LogP contribution in [0, 0.1) is 13.8 Å². The van der Waals surface area contributed by atoms with Crippen molar-refractivity contribution in [3.05, 3.63) is 87.1 Å². The molecule has 1 amide bonds. The van der Waals surface area contributed by atoms with E-state index in [0.29, 0.717) is 6.61 Å². The van der Waals surface area contributed by atoms with Gasteiger partial charge in [0, 0.05) is 38.3 Å². The van der Waals surface area contributed by atoms with Gasteiger partial charge in [0.05, 0.1) is 4.88 Å². The second-order valence-corrected chi connectivity index (χ2v) is 8.89. The Morgan fingerprint density at radius 2 is 1.67 bits per heavy atom. The Bertz CT molecular complexity index is 1010. The Morgan fingerprint density at radius 3 is 2.40 bits per heavy atom. The zero-order valence-electron chi connectivity index (χ0n) is 17.6. The first kappa shape index (κ1) is 20.6. The number of benzene rings is 2. The van der Waals surface area contributed by atoms with Gasteiger partial charge in [0.15, 0.2) is 0 Å². The molecule has 1 saturated heterocycles. The van der Waals surface area contributed by atoms with Crippen molar-refractivity contribution in [1.29, 1.82) is 0 Å². The lowest BCUT2D eigenvalue weighted by Gasteiger charge is -2.34. The van der Waals surface area contributed by atoms with Gasteiger partial charge in [-0.2, -0.15) is 0 Å². The third-order valence-corrected chi connectivity index (χ3v) is 6.37. The average molecular weight is 421 g/mol. The number of thiophene rings is 1. The number of carbonyl (C=O) groups excluding carboxylic acids is 1. The van der Waals surface area contributed by atoms with E-state index in [1.807, 2.05) is 34.5 Å². The van der Waals surface area contributed by atoms with Crippen molar-refractivity contribution < 1.29 is 9.53 Å². The van der Waals surface area contributed by atoms with Gasteiger partial charge in [-0.05, 0) is 48.6 Å². The predicted octanol–water partition coefficient (Wildman–Crippen LogP) is 4.90. The second kappa shape index (κ2) is 9.45. The molecule has 0 aliphatic carbocycles. The highest BCUT2D eigenvalue weighted by Crippen LogP contribution is 2.21. The molecule has 1 fully saturated rings. The summed E-state index contributed by atoms with van der Waals surface area (Å²) in [6.45, 7) is 8.98. The third-order valence-electron chi connectivity index (χ3n) is 5.41. The normalized spacial score (nSPS) is 14.7. The van der Waals surface area contributed by atoms with Crippen LogP contribution in [0.2, 0.25) is 0 Å². The third kappa shape index (κ3) is 5.29. The van der Waals surface area contributed by atoms with Crippen LogP contribution in [0.1, 0.15) is 31.9 Å². The van der Waals surface area contributed by atoms with Gasteiger partial charge < -0.3 is 9.64 Å². The molecule has 4 rings (SSSR count). The molecule has 156 valence electrons. The van der Waals surface area contributed by atoms with Crippen LogP contribution in [0.25, 0.3) is 0 Å². The van der Waals surface area contributed by atoms with Crippen LogP contribution in [-0.2, 0) is 13.2 Å². The van der Waals surface area contributed by atoms with Crippen molar-refractivity contribution in [2.24, 2.45) is 0 Å². The topological polar surface area (TPSA) is 32.8 Å². The summed E-state index contributed by atoms with van der Waals surface area (Å²) in [5.74, 6) is 0.996. The summed E-state index contributed by atoms with van der Waals surface area (Å²) < 4.78 is 5.87. The van der Waals surface area contributed by atoms with Crippen molar-refractivity contribution in [1.82, 2.24) is 9.80 Å². The largest absolute Gasteiger partial charge is 0.489 e. The van der Waals surface area contributed by atoms with Crippen LogP contribution >= 0.6 is 11.3 Å². The second-order valence-electron chi connectivity index (χ2n) is 7.98. The molecule has 0 saturated carbocycles. The zero-order valence-corrected chi connectivity index (χ0v) is 18.5. The minimum atomic E-state index is 0.136. The quantitative estimate of drug-likeness (QED) is 0.568. The number of piperazine rings is 1. The molecule has 0 spiro atoms. The minimum absolute atomic E-state index is 0.136. The van der Waals surface area contributed by atoms with Gasteiger partial charge in [0.1, 0.15) is 12.4 Å². The number of aryl methyl sites for hydroxylation is 2. The molecule has 0 atom stereocenters. The van der Waals surface area contributed by atoms with Gasteiger partial charge in [-0.1, -0.05) is 42.0 Å². The van der Waals surface area contributed by atoms with Crippen LogP contribution in [0.3, 0.4) is 0 Å². The molecule has 1 aromatic heterocycles. The predicted molar refractivity (Wildman–Crippen MR) is 122 cm³/mol. The van der Waals surface area contributed by atoms with Gasteiger partial charge >= 0.3 is 0 Å². The first-order valence-electron chi connectivity index (χ1n) is 10.4. The lowest BCUT2D eigenvalue weighted by Crippen LogP contribution is -2.48. The van der Waals surface area contributed by atoms with Crippen LogP contribution in [0.4, 0.5) is 0 Å². The Kier molecular flexibility index (Phi) is 6.50. The number of carbonyl (C=O) groups is 1. The van der Waals surface area contributed by atoms with E-state index >= 15 is 0 Å². The maximum absolute atomic E-state index is 12.9. The molecule has 1 aliphatic heterocycles. The van der Waals surface area contributed by atoms with Gasteiger partial charge in [0.2, 0.25) is 0 Å². The number of nitrogens with zero attached hydrogens (tertiary/aromatic N) is 2. The maximum Gasteiger partial charge on any atom is 0.264 e. The van der Waals surface area contributed by atoms with Gasteiger partial charge in [0.25, 0.3) is 5.91 Å². The van der Waals surface area contributed by atoms with Crippen molar-refractivity contribution in [2.75, 3.05) is 26.2 Å². The van der Waals surface area contributed by atoms with E-state index in [1.54, 1.807) is 0 Å². The summed E-state index contributed by atoms with van der Waals surface area (Å²) in [7, 11) is 0. The lowest BCUT2D eigenvalue weighted by atomic mass is 10.1. The van der Waals surface area contributed by atoms with Crippen LogP contribution in [0.5, 0.6) is 5.75 Å². The van der Waals surface area contributed by atoms with Crippen LogP contribution in [-0.4, -0.2) is 41.9 Å². The van der Waals surface area contributed by atoms with E-state index in [0.717, 1.165) is 48.9 Å². The number of ether oxygens (including phenoxy) is 1. The molecular weight excluding hydrogens is 392 g/mol. The highest BCUT2D eigenvalue weighted by molar-refractivity contribution is 7.12. The van der Waals surface area contributed by atoms with Crippen LogP contribution in [0.15, 0.2) is 60.0 Å². The molecule has 0 bridgehead atoms. The van der Waals surface area contributed by atoms with Gasteiger partial charge in [-0.15, -0.1) is 11.3 Å². The van der Waals surface area contributed by atoms with E-state index in [-0.39, 0.29) is 5.91 Å². The fraction of sp³-hybridized carbons (Fsp3) is 0.320. The summed E-state index contributed by atoms with van der Waals surface area (Å²) in [6, 6.07) is 18.7. The molecule has 3 aromatic rings. The van der Waals surface area contributed by atoms with Crippen molar-refractivity contribution in [2.45, 2.75) is 27.0 Å². The monoisotopic (exact) mass is 420 g/mol. The van der Waals surface area contributed by atoms with E-state index in [4.69, 9.17) is 4.74 Å². The number of hydrogen-bond donors (Lipinski definition) is 0. The summed E-state index contributed by atoms with van der Waals surface area (Å²) in [5.41, 5.74) is 4.85. The lowest BCUT2D eigenvalue weighted by molar-refractivity contribution is 0.0633.